The van der Waals surface area contributed by atoms with E-state index in [0.717, 1.165) is 29.3 Å². The Morgan fingerprint density at radius 3 is 2.50 bits per heavy atom. The summed E-state index contributed by atoms with van der Waals surface area (Å²) in [6.07, 6.45) is -0.186. The highest BCUT2D eigenvalue weighted by Gasteiger charge is 2.32. The van der Waals surface area contributed by atoms with Gasteiger partial charge in [0.15, 0.2) is 6.04 Å². The van der Waals surface area contributed by atoms with E-state index in [0.29, 0.717) is 0 Å². The first kappa shape index (κ1) is 15.9. The van der Waals surface area contributed by atoms with E-state index < -0.39 is 23.7 Å². The summed E-state index contributed by atoms with van der Waals surface area (Å²) in [4.78, 5) is 17.1. The average molecular weight is 314 g/mol. The number of aliphatic hydroxyl groups is 1. The summed E-state index contributed by atoms with van der Waals surface area (Å²) in [5.41, 5.74) is -0.635. The number of carbonyl (C=O) groups is 1. The van der Waals surface area contributed by atoms with E-state index >= 15 is 0 Å². The number of hydrogen-bond donors (Lipinski definition) is 2. The molecule has 8 heteroatoms. The van der Waals surface area contributed by atoms with Crippen molar-refractivity contribution < 1.29 is 27.9 Å². The second-order valence-electron chi connectivity index (χ2n) is 4.44. The molecule has 2 rings (SSSR count). The van der Waals surface area contributed by atoms with Crippen LogP contribution >= 0.6 is 0 Å². The number of hydroxylamine groups is 2. The molecule has 0 spiro atoms. The predicted octanol–water partition coefficient (Wildman–Crippen LogP) is 2.85. The van der Waals surface area contributed by atoms with E-state index in [1.54, 1.807) is 0 Å². The highest BCUT2D eigenvalue weighted by molar-refractivity contribution is 5.96. The number of alkyl halides is 3. The van der Waals surface area contributed by atoms with Gasteiger partial charge in [0.05, 0.1) is 12.7 Å². The van der Waals surface area contributed by atoms with E-state index in [1.807, 2.05) is 0 Å². The van der Waals surface area contributed by atoms with Crippen molar-refractivity contribution in [2.75, 3.05) is 12.4 Å². The van der Waals surface area contributed by atoms with Gasteiger partial charge in [-0.25, -0.2) is 5.06 Å². The van der Waals surface area contributed by atoms with Gasteiger partial charge < -0.3 is 10.4 Å². The van der Waals surface area contributed by atoms with Crippen LogP contribution in [-0.2, 0) is 15.8 Å². The van der Waals surface area contributed by atoms with Crippen molar-refractivity contribution in [1.82, 2.24) is 5.06 Å². The highest BCUT2D eigenvalue weighted by Crippen LogP contribution is 2.30. The van der Waals surface area contributed by atoms with Crippen LogP contribution in [0, 0.1) is 0 Å². The van der Waals surface area contributed by atoms with E-state index in [1.165, 1.54) is 25.5 Å². The maximum absolute atomic E-state index is 12.5. The normalized spacial score (nSPS) is 18.1. The van der Waals surface area contributed by atoms with Gasteiger partial charge in [-0.05, 0) is 36.4 Å². The highest BCUT2D eigenvalue weighted by atomic mass is 19.4. The van der Waals surface area contributed by atoms with E-state index in [4.69, 9.17) is 4.84 Å². The standard InChI is InChI=1S/C14H13F3N2O3/c1-22-19-8-2-3-11(20)12(19)13(21)18-10-6-4-9(5-7-10)14(15,16)17/h2-8,12,20H,1H3,(H,18,21). The second kappa shape index (κ2) is 6.10. The molecule has 1 aromatic rings. The predicted molar refractivity (Wildman–Crippen MR) is 72.6 cm³/mol. The van der Waals surface area contributed by atoms with Crippen molar-refractivity contribution in [3.63, 3.8) is 0 Å². The molecule has 1 amide bonds. The third kappa shape index (κ3) is 3.40. The summed E-state index contributed by atoms with van der Waals surface area (Å²) in [5, 5.41) is 13.3. The molecular weight excluding hydrogens is 301 g/mol. The number of rotatable bonds is 3. The Balaban J connectivity index is 2.11. The number of benzene rings is 1. The van der Waals surface area contributed by atoms with Crippen LogP contribution in [0.1, 0.15) is 5.56 Å². The molecule has 2 N–H and O–H groups in total. The van der Waals surface area contributed by atoms with Crippen LogP contribution in [0.15, 0.2) is 48.4 Å². The number of carbonyl (C=O) groups excluding carboxylic acids is 1. The van der Waals surface area contributed by atoms with Crippen LogP contribution in [0.4, 0.5) is 18.9 Å². The maximum Gasteiger partial charge on any atom is 0.416 e. The quantitative estimate of drug-likeness (QED) is 0.900. The number of amides is 1. The molecule has 0 saturated heterocycles. The third-order valence-electron chi connectivity index (χ3n) is 2.97. The zero-order chi connectivity index (χ0) is 16.3. The second-order valence-corrected chi connectivity index (χ2v) is 4.44. The summed E-state index contributed by atoms with van der Waals surface area (Å²) in [5.74, 6) is -0.881. The largest absolute Gasteiger partial charge is 0.509 e. The van der Waals surface area contributed by atoms with Gasteiger partial charge >= 0.3 is 6.18 Å². The number of allylic oxidation sites excluding steroid dienone is 2. The average Bonchev–Trinajstić information content (AvgIpc) is 2.46. The molecule has 5 nitrogen and oxygen atoms in total. The van der Waals surface area contributed by atoms with Crippen molar-refractivity contribution >= 4 is 11.6 Å². The molecule has 0 fully saturated rings. The van der Waals surface area contributed by atoms with Gasteiger partial charge in [0.1, 0.15) is 5.76 Å². The summed E-state index contributed by atoms with van der Waals surface area (Å²) >= 11 is 0. The molecule has 0 saturated carbocycles. The molecule has 1 unspecified atom stereocenters. The molecule has 1 aromatic carbocycles. The Morgan fingerprint density at radius 2 is 1.95 bits per heavy atom. The number of hydrogen-bond acceptors (Lipinski definition) is 4. The fraction of sp³-hybridized carbons (Fsp3) is 0.214. The molecule has 1 aliphatic heterocycles. The SMILES string of the molecule is CON1C=CC=C(O)C1C(=O)Nc1ccc(C(F)(F)F)cc1. The van der Waals surface area contributed by atoms with E-state index in [9.17, 15) is 23.1 Å². The summed E-state index contributed by atoms with van der Waals surface area (Å²) in [6, 6.07) is 2.88. The monoisotopic (exact) mass is 314 g/mol. The molecule has 0 bridgehead atoms. The minimum absolute atomic E-state index is 0.177. The van der Waals surface area contributed by atoms with Gasteiger partial charge in [-0.2, -0.15) is 13.2 Å². The summed E-state index contributed by atoms with van der Waals surface area (Å²) in [7, 11) is 1.32. The van der Waals surface area contributed by atoms with Crippen LogP contribution in [0.25, 0.3) is 0 Å². The first-order chi connectivity index (χ1) is 10.3. The Labute approximate surface area is 124 Å². The first-order valence-electron chi connectivity index (χ1n) is 6.21. The van der Waals surface area contributed by atoms with Crippen molar-refractivity contribution in [1.29, 1.82) is 0 Å². The summed E-state index contributed by atoms with van der Waals surface area (Å²) in [6.45, 7) is 0. The minimum atomic E-state index is -4.44. The molecule has 0 radical (unpaired) electrons. The van der Waals surface area contributed by atoms with Crippen molar-refractivity contribution in [2.45, 2.75) is 12.2 Å². The molecular formula is C14H13F3N2O3. The van der Waals surface area contributed by atoms with Gasteiger partial charge in [-0.15, -0.1) is 0 Å². The Hall–Kier alpha value is -2.48. The van der Waals surface area contributed by atoms with Crippen molar-refractivity contribution in [3.05, 3.63) is 53.9 Å². The topological polar surface area (TPSA) is 61.8 Å². The summed E-state index contributed by atoms with van der Waals surface area (Å²) < 4.78 is 37.4. The fourth-order valence-electron chi connectivity index (χ4n) is 1.90. The lowest BCUT2D eigenvalue weighted by atomic mass is 10.1. The molecule has 22 heavy (non-hydrogen) atoms. The van der Waals surface area contributed by atoms with Crippen LogP contribution in [0.3, 0.4) is 0 Å². The maximum atomic E-state index is 12.5. The fourth-order valence-corrected chi connectivity index (χ4v) is 1.90. The van der Waals surface area contributed by atoms with Crippen LogP contribution in [0.5, 0.6) is 0 Å². The third-order valence-corrected chi connectivity index (χ3v) is 2.97. The van der Waals surface area contributed by atoms with Gasteiger partial charge in [0.2, 0.25) is 0 Å². The van der Waals surface area contributed by atoms with E-state index in [2.05, 4.69) is 5.32 Å². The molecule has 1 heterocycles. The van der Waals surface area contributed by atoms with Gasteiger partial charge in [-0.1, -0.05) is 0 Å². The smallest absolute Gasteiger partial charge is 0.416 e. The lowest BCUT2D eigenvalue weighted by Gasteiger charge is -2.28. The minimum Gasteiger partial charge on any atom is -0.509 e. The van der Waals surface area contributed by atoms with Crippen molar-refractivity contribution in [3.8, 4) is 0 Å². The Bertz CT molecular complexity index is 609. The lowest BCUT2D eigenvalue weighted by molar-refractivity contribution is -0.146. The number of aliphatic hydroxyl groups excluding tert-OH is 1. The lowest BCUT2D eigenvalue weighted by Crippen LogP contribution is -2.43. The molecule has 0 aromatic heterocycles. The van der Waals surface area contributed by atoms with Crippen LogP contribution < -0.4 is 5.32 Å². The van der Waals surface area contributed by atoms with Crippen LogP contribution in [0.2, 0.25) is 0 Å². The number of anilines is 1. The number of nitrogens with zero attached hydrogens (tertiary/aromatic N) is 1. The number of nitrogens with one attached hydrogen (secondary N) is 1. The van der Waals surface area contributed by atoms with Crippen LogP contribution in [-0.4, -0.2) is 29.2 Å². The molecule has 1 aliphatic rings. The number of halogens is 3. The zero-order valence-corrected chi connectivity index (χ0v) is 11.5. The zero-order valence-electron chi connectivity index (χ0n) is 11.5. The Kier molecular flexibility index (Phi) is 4.41. The van der Waals surface area contributed by atoms with E-state index in [-0.39, 0.29) is 11.4 Å². The van der Waals surface area contributed by atoms with Crippen molar-refractivity contribution in [2.24, 2.45) is 0 Å². The first-order valence-corrected chi connectivity index (χ1v) is 6.21. The molecule has 0 aliphatic carbocycles. The van der Waals surface area contributed by atoms with Gasteiger partial charge in [0, 0.05) is 11.9 Å². The molecule has 1 atom stereocenters. The Morgan fingerprint density at radius 1 is 1.32 bits per heavy atom. The van der Waals surface area contributed by atoms with Gasteiger partial charge in [0.25, 0.3) is 5.91 Å². The van der Waals surface area contributed by atoms with Gasteiger partial charge in [-0.3, -0.25) is 9.63 Å². The molecule has 118 valence electrons.